The zero-order valence-corrected chi connectivity index (χ0v) is 15.3. The molecule has 0 N–H and O–H groups in total. The van der Waals surface area contributed by atoms with E-state index < -0.39 is 0 Å². The Morgan fingerprint density at radius 1 is 1.08 bits per heavy atom. The Bertz CT molecular complexity index is 711. The summed E-state index contributed by atoms with van der Waals surface area (Å²) in [5, 5.41) is 0. The molecule has 26 heavy (non-hydrogen) atoms. The monoisotopic (exact) mass is 352 g/mol. The summed E-state index contributed by atoms with van der Waals surface area (Å²) in [5.74, 6) is 1.75. The molecule has 3 atom stereocenters. The number of benzene rings is 1. The van der Waals surface area contributed by atoms with Crippen molar-refractivity contribution in [2.45, 2.75) is 30.8 Å². The zero-order chi connectivity index (χ0) is 17.4. The van der Waals surface area contributed by atoms with Crippen LogP contribution in [0.15, 0.2) is 53.1 Å². The fourth-order valence-electron chi connectivity index (χ4n) is 5.44. The van der Waals surface area contributed by atoms with Gasteiger partial charge in [-0.15, -0.1) is 0 Å². The van der Waals surface area contributed by atoms with Crippen LogP contribution < -0.4 is 0 Å². The highest BCUT2D eigenvalue weighted by molar-refractivity contribution is 5.30. The lowest BCUT2D eigenvalue weighted by Crippen LogP contribution is -2.52. The number of hydrogen-bond acceptors (Lipinski definition) is 4. The second kappa shape index (κ2) is 6.84. The zero-order valence-electron chi connectivity index (χ0n) is 15.3. The van der Waals surface area contributed by atoms with Crippen LogP contribution in [0.5, 0.6) is 0 Å². The van der Waals surface area contributed by atoms with Gasteiger partial charge >= 0.3 is 0 Å². The molecule has 4 heterocycles. The van der Waals surface area contributed by atoms with Crippen LogP contribution in [0.3, 0.4) is 0 Å². The molecule has 4 nitrogen and oxygen atoms in total. The molecule has 3 saturated heterocycles. The summed E-state index contributed by atoms with van der Waals surface area (Å²) < 4.78 is 11.3. The van der Waals surface area contributed by atoms with Crippen LogP contribution in [0.1, 0.15) is 24.2 Å². The van der Waals surface area contributed by atoms with Crippen LogP contribution in [0.25, 0.3) is 0 Å². The van der Waals surface area contributed by atoms with Crippen LogP contribution in [0.4, 0.5) is 0 Å². The van der Waals surface area contributed by atoms with E-state index in [1.165, 1.54) is 31.5 Å². The number of piperidine rings is 1. The van der Waals surface area contributed by atoms with Gasteiger partial charge in [0.25, 0.3) is 0 Å². The van der Waals surface area contributed by atoms with Gasteiger partial charge in [0.15, 0.2) is 0 Å². The standard InChI is InChI=1S/C22H28N2O2/c1-2-5-18(6-3-1)22-9-10-24(20-8-12-25-16-20)14-19(22)13-23(17-22)15-21-7-4-11-26-21/h1-7,11,19-20H,8-10,12-17H2/t19-,20+,22+/m0/s1. The lowest BCUT2D eigenvalue weighted by atomic mass is 9.67. The molecule has 0 spiro atoms. The second-order valence-corrected chi connectivity index (χ2v) is 8.23. The normalized spacial score (nSPS) is 32.8. The highest BCUT2D eigenvalue weighted by Crippen LogP contribution is 2.46. The van der Waals surface area contributed by atoms with E-state index in [1.54, 1.807) is 6.26 Å². The molecule has 138 valence electrons. The predicted molar refractivity (Wildman–Crippen MR) is 101 cm³/mol. The summed E-state index contributed by atoms with van der Waals surface area (Å²) in [6.45, 7) is 7.44. The number of furan rings is 1. The molecule has 2 aromatic rings. The van der Waals surface area contributed by atoms with Gasteiger partial charge in [0.2, 0.25) is 0 Å². The van der Waals surface area contributed by atoms with Gasteiger partial charge in [-0.25, -0.2) is 0 Å². The fraction of sp³-hybridized carbons (Fsp3) is 0.545. The third-order valence-electron chi connectivity index (χ3n) is 6.80. The molecule has 0 unspecified atom stereocenters. The minimum atomic E-state index is 0.282. The Morgan fingerprint density at radius 2 is 2.00 bits per heavy atom. The van der Waals surface area contributed by atoms with Gasteiger partial charge in [0, 0.05) is 37.7 Å². The summed E-state index contributed by atoms with van der Waals surface area (Å²) in [5.41, 5.74) is 1.80. The molecular formula is C22H28N2O2. The van der Waals surface area contributed by atoms with Crippen LogP contribution >= 0.6 is 0 Å². The van der Waals surface area contributed by atoms with E-state index in [9.17, 15) is 0 Å². The molecule has 0 amide bonds. The van der Waals surface area contributed by atoms with Crippen molar-refractivity contribution >= 4 is 0 Å². The highest BCUT2D eigenvalue weighted by Gasteiger charge is 2.51. The van der Waals surface area contributed by atoms with Crippen molar-refractivity contribution < 1.29 is 9.15 Å². The Morgan fingerprint density at radius 3 is 2.77 bits per heavy atom. The predicted octanol–water partition coefficient (Wildman–Crippen LogP) is 3.14. The van der Waals surface area contributed by atoms with E-state index in [0.717, 1.165) is 38.6 Å². The highest BCUT2D eigenvalue weighted by atomic mass is 16.5. The number of hydrogen-bond donors (Lipinski definition) is 0. The molecule has 1 aromatic carbocycles. The minimum absolute atomic E-state index is 0.282. The van der Waals surface area contributed by atoms with E-state index in [4.69, 9.17) is 9.15 Å². The van der Waals surface area contributed by atoms with Gasteiger partial charge in [0.1, 0.15) is 5.76 Å². The maximum Gasteiger partial charge on any atom is 0.117 e. The summed E-state index contributed by atoms with van der Waals surface area (Å²) in [4.78, 5) is 5.31. The molecule has 0 aliphatic carbocycles. The first-order valence-corrected chi connectivity index (χ1v) is 9.95. The Labute approximate surface area is 155 Å². The molecule has 3 aliphatic heterocycles. The van der Waals surface area contributed by atoms with Crippen LogP contribution in [0.2, 0.25) is 0 Å². The first kappa shape index (κ1) is 16.5. The number of nitrogens with zero attached hydrogens (tertiary/aromatic N) is 2. The van der Waals surface area contributed by atoms with Crippen molar-refractivity contribution in [2.75, 3.05) is 39.4 Å². The SMILES string of the molecule is c1ccc([C@]23CCN([C@@H]4CCOC4)C[C@@H]2CN(Cc2ccco2)C3)cc1. The van der Waals surface area contributed by atoms with Crippen LogP contribution in [-0.2, 0) is 16.7 Å². The first-order valence-electron chi connectivity index (χ1n) is 9.95. The van der Waals surface area contributed by atoms with Crippen molar-refractivity contribution in [3.63, 3.8) is 0 Å². The van der Waals surface area contributed by atoms with Gasteiger partial charge in [-0.2, -0.15) is 0 Å². The molecule has 5 rings (SSSR count). The lowest BCUT2D eigenvalue weighted by molar-refractivity contribution is 0.0740. The molecule has 4 heteroatoms. The summed E-state index contributed by atoms with van der Waals surface area (Å²) in [7, 11) is 0. The molecule has 0 bridgehead atoms. The van der Waals surface area contributed by atoms with Crippen molar-refractivity contribution in [3.05, 3.63) is 60.1 Å². The Hall–Kier alpha value is -1.62. The average molecular weight is 352 g/mol. The van der Waals surface area contributed by atoms with Gasteiger partial charge in [-0.3, -0.25) is 9.80 Å². The number of likely N-dealkylation sites (tertiary alicyclic amines) is 2. The minimum Gasteiger partial charge on any atom is -0.468 e. The Kier molecular flexibility index (Phi) is 4.35. The topological polar surface area (TPSA) is 28.9 Å². The molecule has 1 aromatic heterocycles. The van der Waals surface area contributed by atoms with E-state index in [1.807, 2.05) is 6.07 Å². The van der Waals surface area contributed by atoms with E-state index in [2.05, 4.69) is 46.2 Å². The molecule has 0 saturated carbocycles. The average Bonchev–Trinajstić information content (AvgIpc) is 3.43. The second-order valence-electron chi connectivity index (χ2n) is 8.23. The number of fused-ring (bicyclic) bond motifs is 1. The quantitative estimate of drug-likeness (QED) is 0.845. The van der Waals surface area contributed by atoms with E-state index >= 15 is 0 Å². The number of rotatable bonds is 4. The molecule has 3 aliphatic rings. The van der Waals surface area contributed by atoms with E-state index in [0.29, 0.717) is 12.0 Å². The van der Waals surface area contributed by atoms with Crippen molar-refractivity contribution in [1.82, 2.24) is 9.80 Å². The van der Waals surface area contributed by atoms with E-state index in [-0.39, 0.29) is 5.41 Å². The van der Waals surface area contributed by atoms with Crippen LogP contribution in [-0.4, -0.2) is 55.2 Å². The Balaban J connectivity index is 1.40. The van der Waals surface area contributed by atoms with Gasteiger partial charge in [0.05, 0.1) is 19.4 Å². The summed E-state index contributed by atoms with van der Waals surface area (Å²) in [6, 6.07) is 15.9. The summed E-state index contributed by atoms with van der Waals surface area (Å²) >= 11 is 0. The number of ether oxygens (including phenoxy) is 1. The fourth-order valence-corrected chi connectivity index (χ4v) is 5.44. The van der Waals surface area contributed by atoms with Gasteiger partial charge in [-0.05, 0) is 43.0 Å². The van der Waals surface area contributed by atoms with Crippen molar-refractivity contribution in [2.24, 2.45) is 5.92 Å². The third kappa shape index (κ3) is 2.90. The first-order chi connectivity index (χ1) is 12.8. The van der Waals surface area contributed by atoms with Gasteiger partial charge < -0.3 is 9.15 Å². The van der Waals surface area contributed by atoms with Crippen molar-refractivity contribution in [3.8, 4) is 0 Å². The third-order valence-corrected chi connectivity index (χ3v) is 6.80. The maximum absolute atomic E-state index is 5.66. The molecule has 0 radical (unpaired) electrons. The van der Waals surface area contributed by atoms with Crippen molar-refractivity contribution in [1.29, 1.82) is 0 Å². The van der Waals surface area contributed by atoms with Gasteiger partial charge in [-0.1, -0.05) is 30.3 Å². The van der Waals surface area contributed by atoms with Crippen LogP contribution in [0, 0.1) is 5.92 Å². The molecule has 3 fully saturated rings. The lowest BCUT2D eigenvalue weighted by Gasteiger charge is -2.45. The maximum atomic E-state index is 5.66. The smallest absolute Gasteiger partial charge is 0.117 e. The molecular weight excluding hydrogens is 324 g/mol. The largest absolute Gasteiger partial charge is 0.468 e. The summed E-state index contributed by atoms with van der Waals surface area (Å²) in [6.07, 6.45) is 4.22.